The number of carboxylic acid groups (broad SMARTS) is 1. The molecule has 0 heterocycles. The summed E-state index contributed by atoms with van der Waals surface area (Å²) in [6.45, 7) is 5.44. The standard InChI is InChI=1S/C27H29NO5/c1-18(19-10-13-22(14-11-19)33-27(2,3)26(30)31)17-28-25(29)23-16-21(12-15-24(23)32-4)20-8-6-5-7-9-20/h5-16,18H,17H2,1-4H3,(H,28,29)(H,30,31)/t18-/m0/s1. The summed E-state index contributed by atoms with van der Waals surface area (Å²) in [7, 11) is 1.55. The summed E-state index contributed by atoms with van der Waals surface area (Å²) in [5.74, 6) is -0.208. The van der Waals surface area contributed by atoms with Crippen LogP contribution < -0.4 is 14.8 Å². The fourth-order valence-electron chi connectivity index (χ4n) is 3.36. The molecular formula is C27H29NO5. The van der Waals surface area contributed by atoms with E-state index in [9.17, 15) is 14.7 Å². The number of nitrogens with one attached hydrogen (secondary N) is 1. The predicted octanol–water partition coefficient (Wildman–Crippen LogP) is 5.14. The van der Waals surface area contributed by atoms with Gasteiger partial charge >= 0.3 is 5.97 Å². The second kappa shape index (κ2) is 10.2. The van der Waals surface area contributed by atoms with Crippen LogP contribution in [-0.2, 0) is 4.79 Å². The van der Waals surface area contributed by atoms with Crippen LogP contribution in [0.1, 0.15) is 42.6 Å². The third-order valence-corrected chi connectivity index (χ3v) is 5.46. The minimum atomic E-state index is -1.31. The number of methoxy groups -OCH3 is 1. The van der Waals surface area contributed by atoms with Crippen LogP contribution in [0.4, 0.5) is 0 Å². The van der Waals surface area contributed by atoms with E-state index >= 15 is 0 Å². The first kappa shape index (κ1) is 23.9. The summed E-state index contributed by atoms with van der Waals surface area (Å²) in [5.41, 5.74) is 2.13. The van der Waals surface area contributed by atoms with Gasteiger partial charge in [-0.05, 0) is 60.7 Å². The highest BCUT2D eigenvalue weighted by Gasteiger charge is 2.29. The first-order valence-electron chi connectivity index (χ1n) is 10.8. The number of carbonyl (C=O) groups excluding carboxylic acids is 1. The molecule has 3 aromatic rings. The van der Waals surface area contributed by atoms with Crippen molar-refractivity contribution in [1.82, 2.24) is 5.32 Å². The third kappa shape index (κ3) is 5.92. The Kier molecular flexibility index (Phi) is 7.38. The van der Waals surface area contributed by atoms with Gasteiger partial charge < -0.3 is 19.9 Å². The Morgan fingerprint density at radius 3 is 2.24 bits per heavy atom. The molecule has 0 radical (unpaired) electrons. The molecule has 0 aliphatic heterocycles. The van der Waals surface area contributed by atoms with Crippen molar-refractivity contribution in [3.05, 3.63) is 83.9 Å². The molecule has 0 unspecified atom stereocenters. The Morgan fingerprint density at radius 2 is 1.64 bits per heavy atom. The monoisotopic (exact) mass is 447 g/mol. The van der Waals surface area contributed by atoms with E-state index < -0.39 is 11.6 Å². The highest BCUT2D eigenvalue weighted by molar-refractivity contribution is 5.98. The maximum Gasteiger partial charge on any atom is 0.347 e. The molecule has 6 heteroatoms. The molecule has 0 aliphatic rings. The summed E-state index contributed by atoms with van der Waals surface area (Å²) in [4.78, 5) is 24.2. The van der Waals surface area contributed by atoms with Gasteiger partial charge in [0.25, 0.3) is 5.91 Å². The minimum Gasteiger partial charge on any atom is -0.496 e. The van der Waals surface area contributed by atoms with E-state index in [2.05, 4.69) is 5.32 Å². The molecule has 0 saturated carbocycles. The zero-order chi connectivity index (χ0) is 24.0. The Labute approximate surface area is 194 Å². The molecule has 0 fully saturated rings. The summed E-state index contributed by atoms with van der Waals surface area (Å²) in [6, 6.07) is 22.7. The fourth-order valence-corrected chi connectivity index (χ4v) is 3.36. The number of rotatable bonds is 9. The van der Waals surface area contributed by atoms with E-state index in [1.165, 1.54) is 13.8 Å². The maximum absolute atomic E-state index is 13.0. The van der Waals surface area contributed by atoms with Crippen LogP contribution >= 0.6 is 0 Å². The van der Waals surface area contributed by atoms with Gasteiger partial charge in [0.2, 0.25) is 0 Å². The van der Waals surface area contributed by atoms with Crippen LogP contribution in [0.15, 0.2) is 72.8 Å². The number of aliphatic carboxylic acids is 1. The van der Waals surface area contributed by atoms with Crippen LogP contribution in [0, 0.1) is 0 Å². The van der Waals surface area contributed by atoms with Crippen molar-refractivity contribution < 1.29 is 24.2 Å². The van der Waals surface area contributed by atoms with Crippen LogP contribution in [0.25, 0.3) is 11.1 Å². The molecule has 3 rings (SSSR count). The van der Waals surface area contributed by atoms with Crippen molar-refractivity contribution in [3.63, 3.8) is 0 Å². The molecule has 172 valence electrons. The van der Waals surface area contributed by atoms with Gasteiger partial charge in [0, 0.05) is 6.54 Å². The van der Waals surface area contributed by atoms with Crippen molar-refractivity contribution in [2.75, 3.05) is 13.7 Å². The van der Waals surface area contributed by atoms with Gasteiger partial charge in [-0.2, -0.15) is 0 Å². The van der Waals surface area contributed by atoms with E-state index in [0.717, 1.165) is 16.7 Å². The zero-order valence-electron chi connectivity index (χ0n) is 19.3. The lowest BCUT2D eigenvalue weighted by atomic mass is 10.00. The average Bonchev–Trinajstić information content (AvgIpc) is 2.82. The van der Waals surface area contributed by atoms with E-state index in [-0.39, 0.29) is 11.8 Å². The van der Waals surface area contributed by atoms with E-state index in [0.29, 0.717) is 23.6 Å². The third-order valence-electron chi connectivity index (χ3n) is 5.46. The highest BCUT2D eigenvalue weighted by Crippen LogP contribution is 2.27. The van der Waals surface area contributed by atoms with Crippen LogP contribution in [-0.4, -0.2) is 36.2 Å². The van der Waals surface area contributed by atoms with E-state index in [1.807, 2.05) is 61.5 Å². The molecule has 0 spiro atoms. The number of amides is 1. The largest absolute Gasteiger partial charge is 0.496 e. The second-order valence-electron chi connectivity index (χ2n) is 8.38. The van der Waals surface area contributed by atoms with Gasteiger partial charge in [0.1, 0.15) is 11.5 Å². The lowest BCUT2D eigenvalue weighted by Gasteiger charge is -2.22. The van der Waals surface area contributed by atoms with Crippen molar-refractivity contribution in [3.8, 4) is 22.6 Å². The smallest absolute Gasteiger partial charge is 0.347 e. The molecule has 6 nitrogen and oxygen atoms in total. The highest BCUT2D eigenvalue weighted by atomic mass is 16.5. The lowest BCUT2D eigenvalue weighted by Crippen LogP contribution is -2.37. The molecule has 0 bridgehead atoms. The number of hydrogen-bond acceptors (Lipinski definition) is 4. The Hall–Kier alpha value is -3.80. The van der Waals surface area contributed by atoms with Gasteiger partial charge in [-0.25, -0.2) is 4.79 Å². The predicted molar refractivity (Wildman–Crippen MR) is 128 cm³/mol. The Balaban J connectivity index is 1.67. The fraction of sp³-hybridized carbons (Fsp3) is 0.259. The van der Waals surface area contributed by atoms with Crippen molar-refractivity contribution in [1.29, 1.82) is 0 Å². The molecular weight excluding hydrogens is 418 g/mol. The molecule has 0 saturated heterocycles. The molecule has 1 amide bonds. The van der Waals surface area contributed by atoms with Gasteiger partial charge in [0.15, 0.2) is 5.60 Å². The normalized spacial score (nSPS) is 12.0. The summed E-state index contributed by atoms with van der Waals surface area (Å²) < 4.78 is 10.9. The van der Waals surface area contributed by atoms with Crippen LogP contribution in [0.3, 0.4) is 0 Å². The molecule has 33 heavy (non-hydrogen) atoms. The summed E-state index contributed by atoms with van der Waals surface area (Å²) in [6.07, 6.45) is 0. The molecule has 2 N–H and O–H groups in total. The number of carboxylic acids is 1. The summed E-state index contributed by atoms with van der Waals surface area (Å²) >= 11 is 0. The Bertz CT molecular complexity index is 1110. The van der Waals surface area contributed by atoms with E-state index in [1.54, 1.807) is 25.3 Å². The first-order valence-corrected chi connectivity index (χ1v) is 10.8. The van der Waals surface area contributed by atoms with Crippen LogP contribution in [0.2, 0.25) is 0 Å². The van der Waals surface area contributed by atoms with Crippen molar-refractivity contribution in [2.45, 2.75) is 32.3 Å². The summed E-state index contributed by atoms with van der Waals surface area (Å²) in [5, 5.41) is 12.2. The second-order valence-corrected chi connectivity index (χ2v) is 8.38. The Morgan fingerprint density at radius 1 is 0.970 bits per heavy atom. The van der Waals surface area contributed by atoms with Crippen LogP contribution in [0.5, 0.6) is 11.5 Å². The zero-order valence-corrected chi connectivity index (χ0v) is 19.3. The number of benzene rings is 3. The number of ether oxygens (including phenoxy) is 2. The van der Waals surface area contributed by atoms with Gasteiger partial charge in [-0.1, -0.05) is 55.5 Å². The molecule has 0 aromatic heterocycles. The quantitative estimate of drug-likeness (QED) is 0.475. The van der Waals surface area contributed by atoms with E-state index in [4.69, 9.17) is 9.47 Å². The molecule has 1 atom stereocenters. The lowest BCUT2D eigenvalue weighted by molar-refractivity contribution is -0.152. The first-order chi connectivity index (χ1) is 15.7. The molecule has 3 aromatic carbocycles. The van der Waals surface area contributed by atoms with Gasteiger partial charge in [-0.15, -0.1) is 0 Å². The number of hydrogen-bond donors (Lipinski definition) is 2. The average molecular weight is 448 g/mol. The molecule has 0 aliphatic carbocycles. The topological polar surface area (TPSA) is 84.9 Å². The van der Waals surface area contributed by atoms with Crippen molar-refractivity contribution >= 4 is 11.9 Å². The SMILES string of the molecule is COc1ccc(-c2ccccc2)cc1C(=O)NC[C@H](C)c1ccc(OC(C)(C)C(=O)O)cc1. The number of carbonyl (C=O) groups is 2. The van der Waals surface area contributed by atoms with Gasteiger partial charge in [0.05, 0.1) is 12.7 Å². The maximum atomic E-state index is 13.0. The minimum absolute atomic E-state index is 0.0405. The van der Waals surface area contributed by atoms with Crippen molar-refractivity contribution in [2.24, 2.45) is 0 Å². The van der Waals surface area contributed by atoms with Gasteiger partial charge in [-0.3, -0.25) is 4.79 Å².